The van der Waals surface area contributed by atoms with Crippen LogP contribution in [-0.2, 0) is 0 Å². The van der Waals surface area contributed by atoms with Crippen LogP contribution in [0.3, 0.4) is 0 Å². The molecule has 1 rings (SSSR count). The van der Waals surface area contributed by atoms with E-state index < -0.39 is 0 Å². The molecule has 0 heterocycles. The van der Waals surface area contributed by atoms with E-state index in [1.165, 1.54) is 16.7 Å². The van der Waals surface area contributed by atoms with Gasteiger partial charge in [0.05, 0.1) is 0 Å². The van der Waals surface area contributed by atoms with Gasteiger partial charge in [-0.15, -0.1) is 12.3 Å². The fraction of sp³-hybridized carbons (Fsp3) is 0.385. The highest BCUT2D eigenvalue weighted by Gasteiger charge is 2.09. The third kappa shape index (κ3) is 3.09. The highest BCUT2D eigenvalue weighted by atomic mass is 15.2. The molecule has 0 aliphatic carbocycles. The lowest BCUT2D eigenvalue weighted by molar-refractivity contribution is 0.523. The molecule has 1 unspecified atom stereocenters. The Morgan fingerprint density at radius 1 is 1.40 bits per heavy atom. The molecule has 0 fully saturated rings. The van der Waals surface area contributed by atoms with Crippen molar-refractivity contribution in [2.75, 3.05) is 0 Å². The molecule has 0 saturated carbocycles. The number of benzene rings is 1. The van der Waals surface area contributed by atoms with Crippen molar-refractivity contribution in [2.24, 2.45) is 5.84 Å². The number of nitrogens with two attached hydrogens (primary N) is 1. The van der Waals surface area contributed by atoms with Crippen LogP contribution in [0.4, 0.5) is 0 Å². The molecule has 15 heavy (non-hydrogen) atoms. The van der Waals surface area contributed by atoms with Crippen LogP contribution < -0.4 is 11.3 Å². The van der Waals surface area contributed by atoms with E-state index in [1.54, 1.807) is 0 Å². The zero-order chi connectivity index (χ0) is 11.3. The quantitative estimate of drug-likeness (QED) is 0.446. The molecule has 2 heteroatoms. The summed E-state index contributed by atoms with van der Waals surface area (Å²) < 4.78 is 0. The predicted molar refractivity (Wildman–Crippen MR) is 64.0 cm³/mol. The number of terminal acetylenes is 1. The van der Waals surface area contributed by atoms with E-state index in [9.17, 15) is 0 Å². The first-order chi connectivity index (χ1) is 7.19. The fourth-order valence-corrected chi connectivity index (χ4v) is 1.56. The first-order valence-electron chi connectivity index (χ1n) is 5.15. The number of hydrogen-bond acceptors (Lipinski definition) is 2. The van der Waals surface area contributed by atoms with Gasteiger partial charge in [0.2, 0.25) is 0 Å². The van der Waals surface area contributed by atoms with Gasteiger partial charge in [0, 0.05) is 12.5 Å². The van der Waals surface area contributed by atoms with Crippen LogP contribution in [0, 0.1) is 26.2 Å². The maximum absolute atomic E-state index is 5.52. The Balaban J connectivity index is 2.83. The van der Waals surface area contributed by atoms with Crippen molar-refractivity contribution < 1.29 is 0 Å². The van der Waals surface area contributed by atoms with Gasteiger partial charge in [-0.1, -0.05) is 18.2 Å². The summed E-state index contributed by atoms with van der Waals surface area (Å²) in [6.07, 6.45) is 6.85. The number of rotatable bonds is 4. The Hall–Kier alpha value is -1.30. The van der Waals surface area contributed by atoms with Crippen molar-refractivity contribution in [2.45, 2.75) is 32.7 Å². The van der Waals surface area contributed by atoms with Gasteiger partial charge in [0.15, 0.2) is 0 Å². The monoisotopic (exact) mass is 202 g/mol. The van der Waals surface area contributed by atoms with E-state index in [1.807, 2.05) is 0 Å². The lowest BCUT2D eigenvalue weighted by Gasteiger charge is -2.16. The minimum absolute atomic E-state index is 0.153. The molecule has 2 nitrogen and oxygen atoms in total. The molecule has 1 aromatic carbocycles. The number of aryl methyl sites for hydroxylation is 2. The van der Waals surface area contributed by atoms with Crippen molar-refractivity contribution in [3.63, 3.8) is 0 Å². The molecule has 0 bridgehead atoms. The molecular weight excluding hydrogens is 184 g/mol. The second-order valence-electron chi connectivity index (χ2n) is 3.81. The van der Waals surface area contributed by atoms with Gasteiger partial charge < -0.3 is 0 Å². The minimum atomic E-state index is 0.153. The number of hydrazine groups is 1. The minimum Gasteiger partial charge on any atom is -0.271 e. The van der Waals surface area contributed by atoms with Crippen molar-refractivity contribution in [3.05, 3.63) is 34.9 Å². The van der Waals surface area contributed by atoms with Crippen LogP contribution in [0.1, 0.15) is 35.6 Å². The van der Waals surface area contributed by atoms with Gasteiger partial charge >= 0.3 is 0 Å². The molecule has 0 saturated heterocycles. The molecule has 0 amide bonds. The molecule has 80 valence electrons. The smallest absolute Gasteiger partial charge is 0.0469 e. The van der Waals surface area contributed by atoms with Crippen molar-refractivity contribution in [1.29, 1.82) is 0 Å². The van der Waals surface area contributed by atoms with Crippen molar-refractivity contribution >= 4 is 0 Å². The summed E-state index contributed by atoms with van der Waals surface area (Å²) in [4.78, 5) is 0. The first-order valence-corrected chi connectivity index (χ1v) is 5.15. The molecule has 1 aromatic rings. The van der Waals surface area contributed by atoms with Crippen LogP contribution in [0.2, 0.25) is 0 Å². The largest absolute Gasteiger partial charge is 0.271 e. The maximum Gasteiger partial charge on any atom is 0.0469 e. The molecule has 0 radical (unpaired) electrons. The second-order valence-corrected chi connectivity index (χ2v) is 3.81. The van der Waals surface area contributed by atoms with Crippen LogP contribution in [0.25, 0.3) is 0 Å². The van der Waals surface area contributed by atoms with Crippen LogP contribution >= 0.6 is 0 Å². The molecule has 0 aliphatic rings. The van der Waals surface area contributed by atoms with E-state index in [4.69, 9.17) is 12.3 Å². The van der Waals surface area contributed by atoms with Crippen LogP contribution in [0.5, 0.6) is 0 Å². The summed E-state index contributed by atoms with van der Waals surface area (Å²) in [5.74, 6) is 8.15. The topological polar surface area (TPSA) is 38.0 Å². The van der Waals surface area contributed by atoms with Gasteiger partial charge in [-0.05, 0) is 37.0 Å². The molecular formula is C13H18N2. The molecule has 0 aromatic heterocycles. The van der Waals surface area contributed by atoms with Gasteiger partial charge in [0.25, 0.3) is 0 Å². The van der Waals surface area contributed by atoms with Crippen LogP contribution in [0.15, 0.2) is 18.2 Å². The third-order valence-electron chi connectivity index (χ3n) is 2.71. The standard InChI is InChI=1S/C13H18N2/c1-4-5-6-13(15-14)12-8-7-10(2)11(3)9-12/h1,7-9,13,15H,5-6,14H2,2-3H3. The summed E-state index contributed by atoms with van der Waals surface area (Å²) >= 11 is 0. The average Bonchev–Trinajstić information content (AvgIpc) is 2.24. The van der Waals surface area contributed by atoms with Crippen LogP contribution in [-0.4, -0.2) is 0 Å². The Kier molecular flexibility index (Phi) is 4.36. The zero-order valence-corrected chi connectivity index (χ0v) is 9.38. The Morgan fingerprint density at radius 3 is 2.67 bits per heavy atom. The summed E-state index contributed by atoms with van der Waals surface area (Å²) in [7, 11) is 0. The van der Waals surface area contributed by atoms with E-state index in [0.717, 1.165) is 12.8 Å². The van der Waals surface area contributed by atoms with Gasteiger partial charge in [-0.2, -0.15) is 0 Å². The Morgan fingerprint density at radius 2 is 2.13 bits per heavy atom. The molecule has 0 aliphatic heterocycles. The Bertz CT molecular complexity index is 363. The summed E-state index contributed by atoms with van der Waals surface area (Å²) in [6, 6.07) is 6.53. The van der Waals surface area contributed by atoms with Gasteiger partial charge in [0.1, 0.15) is 0 Å². The summed E-state index contributed by atoms with van der Waals surface area (Å²) in [5.41, 5.74) is 6.59. The molecule has 1 atom stereocenters. The van der Waals surface area contributed by atoms with E-state index in [2.05, 4.69) is 43.4 Å². The molecule has 3 N–H and O–H groups in total. The van der Waals surface area contributed by atoms with Crippen molar-refractivity contribution in [1.82, 2.24) is 5.43 Å². The van der Waals surface area contributed by atoms with E-state index in [-0.39, 0.29) is 6.04 Å². The maximum atomic E-state index is 5.52. The highest BCUT2D eigenvalue weighted by Crippen LogP contribution is 2.20. The summed E-state index contributed by atoms with van der Waals surface area (Å²) in [6.45, 7) is 4.21. The van der Waals surface area contributed by atoms with Gasteiger partial charge in [-0.3, -0.25) is 11.3 Å². The lowest BCUT2D eigenvalue weighted by atomic mass is 9.98. The molecule has 0 spiro atoms. The summed E-state index contributed by atoms with van der Waals surface area (Å²) in [5, 5.41) is 0. The number of nitrogens with one attached hydrogen (secondary N) is 1. The van der Waals surface area contributed by atoms with Gasteiger partial charge in [-0.25, -0.2) is 0 Å². The SMILES string of the molecule is C#CCCC(NN)c1ccc(C)c(C)c1. The lowest BCUT2D eigenvalue weighted by Crippen LogP contribution is -2.28. The first kappa shape index (κ1) is 11.8. The van der Waals surface area contributed by atoms with E-state index in [0.29, 0.717) is 0 Å². The predicted octanol–water partition coefficient (Wildman–Crippen LogP) is 2.22. The number of hydrogen-bond donors (Lipinski definition) is 2. The van der Waals surface area contributed by atoms with Crippen molar-refractivity contribution in [3.8, 4) is 12.3 Å². The normalized spacial score (nSPS) is 12.1. The second kappa shape index (κ2) is 5.55. The fourth-order valence-electron chi connectivity index (χ4n) is 1.56. The third-order valence-corrected chi connectivity index (χ3v) is 2.71. The van der Waals surface area contributed by atoms with E-state index >= 15 is 0 Å². The average molecular weight is 202 g/mol. The Labute approximate surface area is 91.8 Å². The zero-order valence-electron chi connectivity index (χ0n) is 9.38. The highest BCUT2D eigenvalue weighted by molar-refractivity contribution is 5.31.